The Morgan fingerprint density at radius 3 is 2.88 bits per heavy atom. The molecule has 25 heavy (non-hydrogen) atoms. The molecule has 2 heterocycles. The number of hydrogen-bond donors (Lipinski definition) is 2. The van der Waals surface area contributed by atoms with Crippen LogP contribution in [-0.2, 0) is 10.9 Å². The Kier molecular flexibility index (Phi) is 5.24. The van der Waals surface area contributed by atoms with Crippen LogP contribution in [0, 0.1) is 0 Å². The third-order valence-electron chi connectivity index (χ3n) is 3.63. The van der Waals surface area contributed by atoms with Crippen LogP contribution in [0.25, 0.3) is 0 Å². The zero-order valence-corrected chi connectivity index (χ0v) is 13.7. The number of alkyl halides is 3. The summed E-state index contributed by atoms with van der Waals surface area (Å²) in [4.78, 5) is 4.12. The van der Waals surface area contributed by atoms with Crippen LogP contribution in [0.1, 0.15) is 18.4 Å². The van der Waals surface area contributed by atoms with Crippen molar-refractivity contribution >= 4 is 29.1 Å². The fourth-order valence-electron chi connectivity index (χ4n) is 2.45. The smallest absolute Gasteiger partial charge is 0.376 e. The number of anilines is 3. The van der Waals surface area contributed by atoms with E-state index in [-0.39, 0.29) is 22.8 Å². The van der Waals surface area contributed by atoms with Gasteiger partial charge in [-0.25, -0.2) is 0 Å². The summed E-state index contributed by atoms with van der Waals surface area (Å²) in [6.45, 7) is 1.28. The zero-order valence-electron chi connectivity index (χ0n) is 13.0. The Hall–Kier alpha value is -2.13. The van der Waals surface area contributed by atoms with Crippen LogP contribution in [0.5, 0.6) is 0 Å². The molecule has 0 saturated carbocycles. The SMILES string of the molecule is FC(F)(F)c1cc(Cl)ccc1Nc1nncc(NCC2CCCO2)n1. The summed E-state index contributed by atoms with van der Waals surface area (Å²) >= 11 is 5.66. The average Bonchev–Trinajstić information content (AvgIpc) is 3.08. The molecule has 3 rings (SSSR count). The summed E-state index contributed by atoms with van der Waals surface area (Å²) in [5.74, 6) is 0.348. The van der Waals surface area contributed by atoms with Gasteiger partial charge < -0.3 is 15.4 Å². The second kappa shape index (κ2) is 7.40. The van der Waals surface area contributed by atoms with Crippen LogP contribution in [-0.4, -0.2) is 34.4 Å². The van der Waals surface area contributed by atoms with E-state index in [1.807, 2.05) is 0 Å². The van der Waals surface area contributed by atoms with Gasteiger partial charge in [0, 0.05) is 18.2 Å². The highest BCUT2D eigenvalue weighted by Crippen LogP contribution is 2.37. The Bertz CT molecular complexity index is 737. The van der Waals surface area contributed by atoms with Crippen molar-refractivity contribution in [1.29, 1.82) is 0 Å². The van der Waals surface area contributed by atoms with E-state index in [1.54, 1.807) is 0 Å². The number of benzene rings is 1. The van der Waals surface area contributed by atoms with Crippen molar-refractivity contribution in [2.75, 3.05) is 23.8 Å². The normalized spacial score (nSPS) is 17.5. The van der Waals surface area contributed by atoms with Gasteiger partial charge in [-0.1, -0.05) is 11.6 Å². The van der Waals surface area contributed by atoms with E-state index < -0.39 is 11.7 Å². The molecule has 1 aromatic carbocycles. The lowest BCUT2D eigenvalue weighted by molar-refractivity contribution is -0.136. The molecular weight excluding hydrogens is 359 g/mol. The largest absolute Gasteiger partial charge is 0.418 e. The molecule has 1 aliphatic rings. The first-order valence-corrected chi connectivity index (χ1v) is 7.98. The van der Waals surface area contributed by atoms with Crippen LogP contribution in [0.4, 0.5) is 30.6 Å². The fourth-order valence-corrected chi connectivity index (χ4v) is 2.62. The molecule has 0 bridgehead atoms. The average molecular weight is 374 g/mol. The number of aromatic nitrogens is 3. The third kappa shape index (κ3) is 4.70. The molecule has 134 valence electrons. The maximum absolute atomic E-state index is 13.1. The van der Waals surface area contributed by atoms with E-state index in [0.717, 1.165) is 25.5 Å². The van der Waals surface area contributed by atoms with Crippen molar-refractivity contribution in [2.24, 2.45) is 0 Å². The molecule has 0 radical (unpaired) electrons. The van der Waals surface area contributed by atoms with Crippen molar-refractivity contribution in [3.8, 4) is 0 Å². The molecule has 10 heteroatoms. The minimum Gasteiger partial charge on any atom is -0.376 e. The van der Waals surface area contributed by atoms with E-state index in [0.29, 0.717) is 12.4 Å². The number of rotatable bonds is 5. The van der Waals surface area contributed by atoms with Gasteiger partial charge in [-0.05, 0) is 31.0 Å². The van der Waals surface area contributed by atoms with E-state index in [1.165, 1.54) is 18.3 Å². The fraction of sp³-hybridized carbons (Fsp3) is 0.400. The highest BCUT2D eigenvalue weighted by atomic mass is 35.5. The molecule has 0 amide bonds. The molecule has 1 saturated heterocycles. The van der Waals surface area contributed by atoms with Gasteiger partial charge in [-0.3, -0.25) is 0 Å². The van der Waals surface area contributed by atoms with E-state index in [4.69, 9.17) is 16.3 Å². The van der Waals surface area contributed by atoms with Gasteiger partial charge >= 0.3 is 6.18 Å². The van der Waals surface area contributed by atoms with Crippen LogP contribution in [0.2, 0.25) is 5.02 Å². The molecule has 2 aromatic rings. The Morgan fingerprint density at radius 1 is 1.32 bits per heavy atom. The quantitative estimate of drug-likeness (QED) is 0.828. The first kappa shape index (κ1) is 17.7. The van der Waals surface area contributed by atoms with Crippen molar-refractivity contribution in [3.05, 3.63) is 35.0 Å². The van der Waals surface area contributed by atoms with Gasteiger partial charge in [0.05, 0.1) is 23.6 Å². The highest BCUT2D eigenvalue weighted by molar-refractivity contribution is 6.30. The van der Waals surface area contributed by atoms with Gasteiger partial charge in [0.25, 0.3) is 0 Å². The molecule has 0 aliphatic carbocycles. The van der Waals surface area contributed by atoms with Crippen molar-refractivity contribution < 1.29 is 17.9 Å². The molecule has 6 nitrogen and oxygen atoms in total. The Balaban J connectivity index is 1.74. The summed E-state index contributed by atoms with van der Waals surface area (Å²) < 4.78 is 44.9. The maximum atomic E-state index is 13.1. The van der Waals surface area contributed by atoms with Crippen LogP contribution in [0.15, 0.2) is 24.4 Å². The van der Waals surface area contributed by atoms with E-state index >= 15 is 0 Å². The third-order valence-corrected chi connectivity index (χ3v) is 3.86. The standard InChI is InChI=1S/C15H15ClF3N5O/c16-9-3-4-12(11(6-9)15(17,18)19)22-14-23-13(8-21-24-14)20-7-10-2-1-5-25-10/h3-4,6,8,10H,1-2,5,7H2,(H2,20,22,23,24). The lowest BCUT2D eigenvalue weighted by Gasteiger charge is -2.14. The van der Waals surface area contributed by atoms with Gasteiger partial charge in [-0.15, -0.1) is 5.10 Å². The van der Waals surface area contributed by atoms with Crippen LogP contribution in [0.3, 0.4) is 0 Å². The number of hydrogen-bond acceptors (Lipinski definition) is 6. The molecule has 1 aliphatic heterocycles. The molecule has 1 unspecified atom stereocenters. The molecule has 0 spiro atoms. The predicted molar refractivity (Wildman–Crippen MR) is 87.0 cm³/mol. The number of nitrogens with one attached hydrogen (secondary N) is 2. The summed E-state index contributed by atoms with van der Waals surface area (Å²) in [6, 6.07) is 3.42. The van der Waals surface area contributed by atoms with Crippen molar-refractivity contribution in [3.63, 3.8) is 0 Å². The summed E-state index contributed by atoms with van der Waals surface area (Å²) in [7, 11) is 0. The predicted octanol–water partition coefficient (Wildman–Crippen LogP) is 3.88. The second-order valence-electron chi connectivity index (χ2n) is 5.49. The van der Waals surface area contributed by atoms with Crippen molar-refractivity contribution in [2.45, 2.75) is 25.1 Å². The second-order valence-corrected chi connectivity index (χ2v) is 5.93. The summed E-state index contributed by atoms with van der Waals surface area (Å²) in [5.41, 5.74) is -1.10. The van der Waals surface area contributed by atoms with Gasteiger partial charge in [0.1, 0.15) is 0 Å². The Morgan fingerprint density at radius 2 is 2.16 bits per heavy atom. The molecule has 1 fully saturated rings. The zero-order chi connectivity index (χ0) is 17.9. The summed E-state index contributed by atoms with van der Waals surface area (Å²) in [5, 5.41) is 13.0. The molecular formula is C15H15ClF3N5O. The topological polar surface area (TPSA) is 72.0 Å². The lowest BCUT2D eigenvalue weighted by atomic mass is 10.1. The van der Waals surface area contributed by atoms with Crippen LogP contribution >= 0.6 is 11.6 Å². The highest BCUT2D eigenvalue weighted by Gasteiger charge is 2.34. The Labute approximate surface area is 146 Å². The molecule has 1 atom stereocenters. The van der Waals surface area contributed by atoms with E-state index in [9.17, 15) is 13.2 Å². The number of nitrogens with zero attached hydrogens (tertiary/aromatic N) is 3. The summed E-state index contributed by atoms with van der Waals surface area (Å²) in [6.07, 6.45) is -1.10. The molecule has 1 aromatic heterocycles. The minimum atomic E-state index is -4.56. The molecule has 2 N–H and O–H groups in total. The first-order valence-electron chi connectivity index (χ1n) is 7.61. The maximum Gasteiger partial charge on any atom is 0.418 e. The van der Waals surface area contributed by atoms with Gasteiger partial charge in [0.15, 0.2) is 5.82 Å². The number of ether oxygens (including phenoxy) is 1. The first-order chi connectivity index (χ1) is 11.9. The minimum absolute atomic E-state index is 0.0103. The van der Waals surface area contributed by atoms with Crippen LogP contribution < -0.4 is 10.6 Å². The van der Waals surface area contributed by atoms with Gasteiger partial charge in [0.2, 0.25) is 5.95 Å². The van der Waals surface area contributed by atoms with E-state index in [2.05, 4.69) is 25.8 Å². The number of halogens is 4. The monoisotopic (exact) mass is 373 g/mol. The van der Waals surface area contributed by atoms with Gasteiger partial charge in [-0.2, -0.15) is 23.3 Å². The van der Waals surface area contributed by atoms with Crippen molar-refractivity contribution in [1.82, 2.24) is 15.2 Å². The lowest BCUT2D eigenvalue weighted by Crippen LogP contribution is -2.19.